The summed E-state index contributed by atoms with van der Waals surface area (Å²) in [5.74, 6) is -0.570. The van der Waals surface area contributed by atoms with Crippen molar-refractivity contribution in [3.63, 3.8) is 0 Å². The molecule has 0 unspecified atom stereocenters. The van der Waals surface area contributed by atoms with Gasteiger partial charge in [0.05, 0.1) is 7.11 Å². The van der Waals surface area contributed by atoms with Crippen molar-refractivity contribution < 1.29 is 19.4 Å². The molecule has 0 heterocycles. The lowest BCUT2D eigenvalue weighted by Crippen LogP contribution is -2.47. The average molecular weight is 447 g/mol. The molecule has 0 spiro atoms. The van der Waals surface area contributed by atoms with Crippen LogP contribution in [0.1, 0.15) is 31.4 Å². The van der Waals surface area contributed by atoms with Gasteiger partial charge in [-0.25, -0.2) is 4.79 Å². The minimum Gasteiger partial charge on any atom is -0.507 e. The molecule has 0 saturated carbocycles. The summed E-state index contributed by atoms with van der Waals surface area (Å²) in [7, 11) is 1.31. The van der Waals surface area contributed by atoms with E-state index in [4.69, 9.17) is 4.74 Å². The van der Waals surface area contributed by atoms with E-state index >= 15 is 0 Å². The van der Waals surface area contributed by atoms with E-state index < -0.39 is 18.1 Å². The number of benzene rings is 3. The number of aromatic hydroxyl groups is 1. The van der Waals surface area contributed by atoms with E-state index in [1.54, 1.807) is 12.3 Å². The van der Waals surface area contributed by atoms with Crippen LogP contribution in [0.3, 0.4) is 0 Å². The van der Waals surface area contributed by atoms with Crippen LogP contribution in [0.5, 0.6) is 5.75 Å². The Kier molecular flexibility index (Phi) is 8.19. The number of phenolic OH excluding ortho intramolecular Hbond substituents is 1. The summed E-state index contributed by atoms with van der Waals surface area (Å²) in [5, 5.41) is 15.0. The van der Waals surface area contributed by atoms with Crippen LogP contribution >= 0.6 is 0 Å². The van der Waals surface area contributed by atoms with E-state index in [0.717, 1.165) is 16.3 Å². The Hall–Kier alpha value is -3.67. The number of carbonyl (C=O) groups is 2. The number of fused-ring (bicyclic) bond motifs is 1. The van der Waals surface area contributed by atoms with E-state index in [1.807, 2.05) is 74.5 Å². The minimum absolute atomic E-state index is 0.0951. The highest BCUT2D eigenvalue weighted by atomic mass is 16.5. The topological polar surface area (TPSA) is 88.0 Å². The van der Waals surface area contributed by atoms with Gasteiger partial charge in [-0.15, -0.1) is 0 Å². The van der Waals surface area contributed by atoms with Gasteiger partial charge < -0.3 is 15.2 Å². The van der Waals surface area contributed by atoms with Crippen LogP contribution in [-0.4, -0.2) is 42.4 Å². The van der Waals surface area contributed by atoms with Gasteiger partial charge in [-0.2, -0.15) is 0 Å². The smallest absolute Gasteiger partial charge is 0.328 e. The monoisotopic (exact) mass is 446 g/mol. The fraction of sp³-hybridized carbons (Fsp3) is 0.296. The zero-order valence-corrected chi connectivity index (χ0v) is 19.2. The van der Waals surface area contributed by atoms with Crippen LogP contribution in [0, 0.1) is 5.92 Å². The predicted octanol–water partition coefficient (Wildman–Crippen LogP) is 4.28. The second kappa shape index (κ2) is 11.3. The first-order chi connectivity index (χ1) is 15.9. The third kappa shape index (κ3) is 6.42. The first-order valence-corrected chi connectivity index (χ1v) is 11.0. The number of hydrogen-bond acceptors (Lipinski definition) is 5. The number of nitrogens with zero attached hydrogens (tertiary/aromatic N) is 1. The van der Waals surface area contributed by atoms with Crippen molar-refractivity contribution in [2.24, 2.45) is 10.9 Å². The molecule has 0 fully saturated rings. The van der Waals surface area contributed by atoms with Gasteiger partial charge in [0.25, 0.3) is 0 Å². The van der Waals surface area contributed by atoms with E-state index in [2.05, 4.69) is 10.3 Å². The van der Waals surface area contributed by atoms with Crippen LogP contribution in [0.4, 0.5) is 0 Å². The van der Waals surface area contributed by atoms with Crippen molar-refractivity contribution in [1.82, 2.24) is 5.32 Å². The van der Waals surface area contributed by atoms with Crippen LogP contribution in [0.15, 0.2) is 71.7 Å². The Morgan fingerprint density at radius 2 is 1.73 bits per heavy atom. The molecule has 0 aliphatic carbocycles. The minimum atomic E-state index is -0.819. The third-order valence-corrected chi connectivity index (χ3v) is 5.41. The number of amides is 1. The van der Waals surface area contributed by atoms with Gasteiger partial charge >= 0.3 is 5.97 Å². The summed E-state index contributed by atoms with van der Waals surface area (Å²) in [4.78, 5) is 30.1. The summed E-state index contributed by atoms with van der Waals surface area (Å²) >= 11 is 0. The van der Waals surface area contributed by atoms with E-state index in [-0.39, 0.29) is 17.6 Å². The number of nitrogens with one attached hydrogen (secondary N) is 1. The van der Waals surface area contributed by atoms with Crippen molar-refractivity contribution >= 4 is 28.9 Å². The predicted molar refractivity (Wildman–Crippen MR) is 131 cm³/mol. The second-order valence-electron chi connectivity index (χ2n) is 8.42. The maximum atomic E-state index is 13.2. The molecular weight excluding hydrogens is 416 g/mol. The molecule has 0 aromatic heterocycles. The van der Waals surface area contributed by atoms with E-state index in [0.29, 0.717) is 18.4 Å². The lowest BCUT2D eigenvalue weighted by Gasteiger charge is -2.20. The zero-order valence-electron chi connectivity index (χ0n) is 19.2. The summed E-state index contributed by atoms with van der Waals surface area (Å²) < 4.78 is 4.91. The first kappa shape index (κ1) is 24.0. The molecule has 0 saturated heterocycles. The molecule has 0 bridgehead atoms. The molecule has 2 N–H and O–H groups in total. The Bertz CT molecular complexity index is 1130. The normalized spacial score (nSPS) is 13.2. The Balaban J connectivity index is 1.85. The molecule has 172 valence electrons. The average Bonchev–Trinajstić information content (AvgIpc) is 2.82. The summed E-state index contributed by atoms with van der Waals surface area (Å²) in [6.07, 6.45) is 2.36. The molecule has 2 atom stereocenters. The van der Waals surface area contributed by atoms with E-state index in [9.17, 15) is 14.7 Å². The molecule has 6 heteroatoms. The molecule has 3 aromatic carbocycles. The van der Waals surface area contributed by atoms with Crippen molar-refractivity contribution in [2.45, 2.75) is 38.8 Å². The summed E-state index contributed by atoms with van der Waals surface area (Å²) in [6.45, 7) is 4.01. The molecule has 0 aliphatic rings. The second-order valence-corrected chi connectivity index (χ2v) is 8.42. The highest BCUT2D eigenvalue weighted by molar-refractivity contribution is 6.03. The van der Waals surface area contributed by atoms with Gasteiger partial charge in [0.15, 0.2) is 0 Å². The van der Waals surface area contributed by atoms with Gasteiger partial charge in [-0.1, -0.05) is 74.5 Å². The molecule has 3 aromatic rings. The fourth-order valence-electron chi connectivity index (χ4n) is 3.72. The summed E-state index contributed by atoms with van der Waals surface area (Å²) in [6, 6.07) is 19.1. The molecule has 0 radical (unpaired) electrons. The molecule has 6 nitrogen and oxygen atoms in total. The highest BCUT2D eigenvalue weighted by Crippen LogP contribution is 2.26. The maximum absolute atomic E-state index is 13.2. The molecule has 0 aliphatic heterocycles. The van der Waals surface area contributed by atoms with Gasteiger partial charge in [0, 0.05) is 18.2 Å². The molecule has 3 rings (SSSR count). The van der Waals surface area contributed by atoms with Crippen LogP contribution in [0.2, 0.25) is 0 Å². The third-order valence-electron chi connectivity index (χ3n) is 5.41. The van der Waals surface area contributed by atoms with Crippen LogP contribution in [-0.2, 0) is 20.7 Å². The molecule has 33 heavy (non-hydrogen) atoms. The molecule has 1 amide bonds. The number of esters is 1. The SMILES string of the molecule is COC(=O)[C@H](Cc1ccccc1)NC(=O)[C@H](CC(C)C)N=Cc1c(O)ccc2ccccc12. The van der Waals surface area contributed by atoms with Gasteiger partial charge in [0.2, 0.25) is 5.91 Å². The Morgan fingerprint density at radius 1 is 1.03 bits per heavy atom. The van der Waals surface area contributed by atoms with Crippen molar-refractivity contribution in [1.29, 1.82) is 0 Å². The van der Waals surface area contributed by atoms with Crippen molar-refractivity contribution in [3.05, 3.63) is 77.9 Å². The number of methoxy groups -OCH3 is 1. The number of rotatable bonds is 9. The lowest BCUT2D eigenvalue weighted by atomic mass is 10.0. The van der Waals surface area contributed by atoms with Gasteiger partial charge in [0.1, 0.15) is 17.8 Å². The number of hydrogen-bond donors (Lipinski definition) is 2. The number of carbonyl (C=O) groups excluding carboxylic acids is 2. The number of phenols is 1. The summed E-state index contributed by atoms with van der Waals surface area (Å²) in [5.41, 5.74) is 1.47. The number of ether oxygens (including phenoxy) is 1. The number of aliphatic imine (C=N–C) groups is 1. The Labute approximate surface area is 194 Å². The van der Waals surface area contributed by atoms with Crippen molar-refractivity contribution in [3.8, 4) is 5.75 Å². The zero-order chi connectivity index (χ0) is 23.8. The van der Waals surface area contributed by atoms with Gasteiger partial charge in [-0.05, 0) is 34.7 Å². The highest BCUT2D eigenvalue weighted by Gasteiger charge is 2.26. The quantitative estimate of drug-likeness (QED) is 0.379. The van der Waals surface area contributed by atoms with Crippen molar-refractivity contribution in [2.75, 3.05) is 7.11 Å². The largest absolute Gasteiger partial charge is 0.507 e. The fourth-order valence-corrected chi connectivity index (χ4v) is 3.72. The standard InChI is InChI=1S/C27H30N2O4/c1-18(2)15-23(28-17-22-21-12-8-7-11-20(21)13-14-25(22)30)26(31)29-24(27(32)33-3)16-19-9-5-4-6-10-19/h4-14,17-18,23-24,30H,15-16H2,1-3H3,(H,29,31)/t23-,24-/m0/s1. The first-order valence-electron chi connectivity index (χ1n) is 11.0. The Morgan fingerprint density at radius 3 is 2.42 bits per heavy atom. The maximum Gasteiger partial charge on any atom is 0.328 e. The molecular formula is C27H30N2O4. The van der Waals surface area contributed by atoms with E-state index in [1.165, 1.54) is 7.11 Å². The van der Waals surface area contributed by atoms with Gasteiger partial charge in [-0.3, -0.25) is 9.79 Å². The lowest BCUT2D eigenvalue weighted by molar-refractivity contribution is -0.145. The van der Waals surface area contributed by atoms with Crippen LogP contribution < -0.4 is 5.32 Å². The van der Waals surface area contributed by atoms with Crippen LogP contribution in [0.25, 0.3) is 10.8 Å².